The topological polar surface area (TPSA) is 105 Å². The molecule has 2 fully saturated rings. The minimum atomic E-state index is -0.397. The van der Waals surface area contributed by atoms with E-state index in [-0.39, 0.29) is 6.10 Å². The summed E-state index contributed by atoms with van der Waals surface area (Å²) in [6, 6.07) is 15.0. The molecule has 1 atom stereocenters. The number of piperidine rings is 1. The standard InChI is InChI=1S/C30H31N5O3/c31-17-22-18-33-25-16-28(38-23-9-13-37-19-23)27(34-11-7-20(8-12-34)14-29(32)36)15-24(25)30(22)35-10-3-5-21-4-1-2-6-26(21)35/h1-2,4,6,14-16,18,23H,3,5,7-13,19H2,(H2,32,36). The summed E-state index contributed by atoms with van der Waals surface area (Å²) in [5.74, 6) is 0.378. The Kier molecular flexibility index (Phi) is 6.61. The summed E-state index contributed by atoms with van der Waals surface area (Å²) in [6.07, 6.45) is 7.64. The number of carbonyl (C=O) groups is 1. The van der Waals surface area contributed by atoms with Crippen LogP contribution in [0.25, 0.3) is 10.9 Å². The molecule has 2 saturated heterocycles. The Balaban J connectivity index is 1.47. The Labute approximate surface area is 222 Å². The Morgan fingerprint density at radius 1 is 1.16 bits per heavy atom. The number of aromatic nitrogens is 1. The van der Waals surface area contributed by atoms with Crippen molar-refractivity contribution in [1.29, 1.82) is 5.26 Å². The number of ether oxygens (including phenoxy) is 2. The second kappa shape index (κ2) is 10.3. The molecule has 3 aliphatic heterocycles. The first-order chi connectivity index (χ1) is 18.6. The van der Waals surface area contributed by atoms with Crippen molar-refractivity contribution in [2.75, 3.05) is 42.6 Å². The first-order valence-electron chi connectivity index (χ1n) is 13.3. The molecule has 0 saturated carbocycles. The zero-order valence-corrected chi connectivity index (χ0v) is 21.4. The molecule has 2 N–H and O–H groups in total. The van der Waals surface area contributed by atoms with Gasteiger partial charge in [-0.3, -0.25) is 9.78 Å². The Bertz CT molecular complexity index is 1440. The van der Waals surface area contributed by atoms with Crippen molar-refractivity contribution in [3.05, 3.63) is 65.4 Å². The largest absolute Gasteiger partial charge is 0.486 e. The molecule has 0 radical (unpaired) electrons. The normalized spacial score (nSPS) is 19.2. The summed E-state index contributed by atoms with van der Waals surface area (Å²) >= 11 is 0. The number of hydrogen-bond donors (Lipinski definition) is 1. The van der Waals surface area contributed by atoms with Gasteiger partial charge in [-0.25, -0.2) is 0 Å². The van der Waals surface area contributed by atoms with Gasteiger partial charge < -0.3 is 25.0 Å². The zero-order valence-electron chi connectivity index (χ0n) is 21.4. The number of nitrogens with two attached hydrogens (primary N) is 1. The van der Waals surface area contributed by atoms with E-state index in [1.807, 2.05) is 6.07 Å². The molecule has 1 aromatic heterocycles. The highest BCUT2D eigenvalue weighted by atomic mass is 16.5. The Hall–Kier alpha value is -4.09. The van der Waals surface area contributed by atoms with Gasteiger partial charge in [-0.1, -0.05) is 23.8 Å². The molecule has 1 unspecified atom stereocenters. The van der Waals surface area contributed by atoms with E-state index in [9.17, 15) is 10.1 Å². The molecule has 38 heavy (non-hydrogen) atoms. The van der Waals surface area contributed by atoms with Crippen LogP contribution < -0.4 is 20.3 Å². The van der Waals surface area contributed by atoms with E-state index in [2.05, 4.69) is 46.2 Å². The lowest BCUT2D eigenvalue weighted by Crippen LogP contribution is -2.32. The van der Waals surface area contributed by atoms with E-state index in [1.165, 1.54) is 5.56 Å². The zero-order chi connectivity index (χ0) is 26.1. The lowest BCUT2D eigenvalue weighted by atomic mass is 9.98. The maximum Gasteiger partial charge on any atom is 0.241 e. The number of carbonyl (C=O) groups excluding carboxylic acids is 1. The summed E-state index contributed by atoms with van der Waals surface area (Å²) in [7, 11) is 0. The Morgan fingerprint density at radius 2 is 2.00 bits per heavy atom. The molecular formula is C30H31N5O3. The van der Waals surface area contributed by atoms with E-state index >= 15 is 0 Å². The lowest BCUT2D eigenvalue weighted by molar-refractivity contribution is -0.113. The molecule has 2 aromatic carbocycles. The van der Waals surface area contributed by atoms with Crippen molar-refractivity contribution in [3.8, 4) is 11.8 Å². The van der Waals surface area contributed by atoms with Gasteiger partial charge in [-0.2, -0.15) is 5.26 Å². The number of para-hydroxylation sites is 1. The van der Waals surface area contributed by atoms with E-state index in [1.54, 1.807) is 12.3 Å². The number of benzene rings is 2. The third-order valence-electron chi connectivity index (χ3n) is 7.70. The number of amides is 1. The predicted octanol–water partition coefficient (Wildman–Crippen LogP) is 4.37. The molecule has 8 heteroatoms. The van der Waals surface area contributed by atoms with Crippen LogP contribution in [-0.2, 0) is 16.0 Å². The highest BCUT2D eigenvalue weighted by molar-refractivity contribution is 6.00. The molecule has 6 rings (SSSR count). The van der Waals surface area contributed by atoms with E-state index in [4.69, 9.17) is 20.2 Å². The van der Waals surface area contributed by atoms with Crippen LogP contribution in [0.4, 0.5) is 17.1 Å². The maximum absolute atomic E-state index is 11.4. The monoisotopic (exact) mass is 509 g/mol. The summed E-state index contributed by atoms with van der Waals surface area (Å²) in [6.45, 7) is 3.59. The van der Waals surface area contributed by atoms with Crippen molar-refractivity contribution in [3.63, 3.8) is 0 Å². The smallest absolute Gasteiger partial charge is 0.241 e. The summed E-state index contributed by atoms with van der Waals surface area (Å²) < 4.78 is 12.1. The van der Waals surface area contributed by atoms with Crippen LogP contribution in [0.3, 0.4) is 0 Å². The predicted molar refractivity (Wildman–Crippen MR) is 147 cm³/mol. The SMILES string of the molecule is N#Cc1cnc2cc(OC3CCOC3)c(N3CCC(=CC(N)=O)CC3)cc2c1N1CCCc2ccccc21. The second-order valence-corrected chi connectivity index (χ2v) is 10.1. The van der Waals surface area contributed by atoms with Crippen molar-refractivity contribution in [2.45, 2.75) is 38.2 Å². The number of hydrogen-bond acceptors (Lipinski definition) is 7. The maximum atomic E-state index is 11.4. The van der Waals surface area contributed by atoms with Gasteiger partial charge in [0.1, 0.15) is 17.9 Å². The van der Waals surface area contributed by atoms with Crippen LogP contribution in [0.5, 0.6) is 5.75 Å². The number of fused-ring (bicyclic) bond motifs is 2. The number of rotatable bonds is 5. The highest BCUT2D eigenvalue weighted by Crippen LogP contribution is 2.43. The van der Waals surface area contributed by atoms with Gasteiger partial charge in [0.15, 0.2) is 0 Å². The van der Waals surface area contributed by atoms with Crippen LogP contribution in [0.2, 0.25) is 0 Å². The highest BCUT2D eigenvalue weighted by Gasteiger charge is 2.27. The molecule has 4 heterocycles. The number of nitrogens with zero attached hydrogens (tertiary/aromatic N) is 4. The van der Waals surface area contributed by atoms with Crippen LogP contribution in [0, 0.1) is 11.3 Å². The van der Waals surface area contributed by atoms with E-state index < -0.39 is 5.91 Å². The van der Waals surface area contributed by atoms with E-state index in [0.29, 0.717) is 18.8 Å². The van der Waals surface area contributed by atoms with Crippen molar-refractivity contribution in [1.82, 2.24) is 4.98 Å². The van der Waals surface area contributed by atoms with E-state index in [0.717, 1.165) is 91.0 Å². The van der Waals surface area contributed by atoms with Gasteiger partial charge in [0.25, 0.3) is 0 Å². The molecule has 1 amide bonds. The van der Waals surface area contributed by atoms with Crippen molar-refractivity contribution in [2.24, 2.45) is 5.73 Å². The molecule has 194 valence electrons. The minimum Gasteiger partial charge on any atom is -0.486 e. The fraction of sp³-hybridized carbons (Fsp3) is 0.367. The number of anilines is 3. The quantitative estimate of drug-likeness (QED) is 0.509. The van der Waals surface area contributed by atoms with Gasteiger partial charge in [0.05, 0.1) is 35.7 Å². The number of nitriles is 1. The van der Waals surface area contributed by atoms with Gasteiger partial charge in [0, 0.05) is 55.5 Å². The average Bonchev–Trinajstić information content (AvgIpc) is 3.45. The fourth-order valence-corrected chi connectivity index (χ4v) is 5.84. The Morgan fingerprint density at radius 3 is 2.76 bits per heavy atom. The molecule has 0 aliphatic carbocycles. The summed E-state index contributed by atoms with van der Waals surface area (Å²) in [5, 5.41) is 11.0. The lowest BCUT2D eigenvalue weighted by Gasteiger charge is -2.34. The van der Waals surface area contributed by atoms with Crippen molar-refractivity contribution < 1.29 is 14.3 Å². The first kappa shape index (κ1) is 24.3. The van der Waals surface area contributed by atoms with Crippen LogP contribution in [0.1, 0.15) is 36.8 Å². The molecule has 3 aromatic rings. The van der Waals surface area contributed by atoms with Crippen LogP contribution >= 0.6 is 0 Å². The van der Waals surface area contributed by atoms with Crippen LogP contribution in [0.15, 0.2) is 54.2 Å². The minimum absolute atomic E-state index is 0.00636. The molecule has 0 spiro atoms. The summed E-state index contributed by atoms with van der Waals surface area (Å²) in [5.41, 5.74) is 12.1. The van der Waals surface area contributed by atoms with Gasteiger partial charge in [0.2, 0.25) is 5.91 Å². The van der Waals surface area contributed by atoms with Crippen molar-refractivity contribution >= 4 is 33.9 Å². The summed E-state index contributed by atoms with van der Waals surface area (Å²) in [4.78, 5) is 20.7. The molecule has 3 aliphatic rings. The second-order valence-electron chi connectivity index (χ2n) is 10.1. The van der Waals surface area contributed by atoms with Gasteiger partial charge >= 0.3 is 0 Å². The number of primary amides is 1. The number of pyridine rings is 1. The van der Waals surface area contributed by atoms with Crippen LogP contribution in [-0.4, -0.2) is 49.8 Å². The van der Waals surface area contributed by atoms with Gasteiger partial charge in [-0.15, -0.1) is 0 Å². The molecule has 8 nitrogen and oxygen atoms in total. The molecule has 0 bridgehead atoms. The molecular weight excluding hydrogens is 478 g/mol. The fourth-order valence-electron chi connectivity index (χ4n) is 5.84. The average molecular weight is 510 g/mol. The third-order valence-corrected chi connectivity index (χ3v) is 7.70. The first-order valence-corrected chi connectivity index (χ1v) is 13.3. The third kappa shape index (κ3) is 4.66. The number of aryl methyl sites for hydroxylation is 1. The van der Waals surface area contributed by atoms with Gasteiger partial charge in [-0.05, 0) is 43.4 Å².